The Morgan fingerprint density at radius 1 is 1.38 bits per heavy atom. The Hall–Kier alpha value is -0.580. The van der Waals surface area contributed by atoms with Crippen LogP contribution in [0.5, 0.6) is 0 Å². The molecule has 5 heteroatoms. The number of hydrogen-bond donors (Lipinski definition) is 0. The minimum atomic E-state index is -0.352. The van der Waals surface area contributed by atoms with Gasteiger partial charge in [-0.2, -0.15) is 0 Å². The van der Waals surface area contributed by atoms with Crippen LogP contribution in [0.25, 0.3) is 0 Å². The van der Waals surface area contributed by atoms with Crippen LogP contribution in [0.4, 0.5) is 0 Å². The van der Waals surface area contributed by atoms with E-state index in [0.29, 0.717) is 15.8 Å². The Morgan fingerprint density at radius 2 is 2.06 bits per heavy atom. The van der Waals surface area contributed by atoms with Crippen molar-refractivity contribution in [2.45, 2.75) is 26.4 Å². The summed E-state index contributed by atoms with van der Waals surface area (Å²) in [5, 5.41) is 0. The Labute approximate surface area is 104 Å². The average molecular weight is 263 g/mol. The lowest BCUT2D eigenvalue weighted by Gasteiger charge is -2.19. The fourth-order valence-electron chi connectivity index (χ4n) is 0.977. The largest absolute Gasteiger partial charge is 0.459 e. The summed E-state index contributed by atoms with van der Waals surface area (Å²) in [6.45, 7) is 6.51. The van der Waals surface area contributed by atoms with E-state index in [1.807, 2.05) is 20.8 Å². The van der Waals surface area contributed by atoms with E-state index in [1.165, 1.54) is 11.3 Å². The van der Waals surface area contributed by atoms with Gasteiger partial charge in [-0.1, -0.05) is 11.6 Å². The third-order valence-corrected chi connectivity index (χ3v) is 2.84. The number of hydrogen-bond acceptors (Lipinski definition) is 4. The van der Waals surface area contributed by atoms with Crippen molar-refractivity contribution in [3.05, 3.63) is 21.3 Å². The Kier molecular flexibility index (Phi) is 4.77. The molecule has 0 fully saturated rings. The van der Waals surface area contributed by atoms with Crippen LogP contribution >= 0.6 is 22.9 Å². The van der Waals surface area contributed by atoms with E-state index in [0.717, 1.165) is 0 Å². The van der Waals surface area contributed by atoms with E-state index >= 15 is 0 Å². The predicted molar refractivity (Wildman–Crippen MR) is 65.3 cm³/mol. The highest BCUT2D eigenvalue weighted by Gasteiger charge is 2.12. The summed E-state index contributed by atoms with van der Waals surface area (Å²) in [5.41, 5.74) is -0.210. The molecule has 0 aliphatic heterocycles. The van der Waals surface area contributed by atoms with Gasteiger partial charge in [-0.25, -0.2) is 4.79 Å². The first-order valence-electron chi connectivity index (χ1n) is 4.95. The Morgan fingerprint density at radius 3 is 2.56 bits per heavy atom. The molecule has 90 valence electrons. The van der Waals surface area contributed by atoms with Gasteiger partial charge in [0, 0.05) is 0 Å². The molecule has 16 heavy (non-hydrogen) atoms. The highest BCUT2D eigenvalue weighted by molar-refractivity contribution is 7.17. The summed E-state index contributed by atoms with van der Waals surface area (Å²) in [4.78, 5) is 12.0. The van der Waals surface area contributed by atoms with E-state index in [-0.39, 0.29) is 18.2 Å². The molecule has 0 atom stereocenters. The van der Waals surface area contributed by atoms with Gasteiger partial charge < -0.3 is 9.47 Å². The number of thiophene rings is 1. The van der Waals surface area contributed by atoms with Crippen LogP contribution in [0.3, 0.4) is 0 Å². The van der Waals surface area contributed by atoms with E-state index in [2.05, 4.69) is 0 Å². The Balaban J connectivity index is 2.26. The summed E-state index contributed by atoms with van der Waals surface area (Å²) >= 11 is 6.92. The van der Waals surface area contributed by atoms with E-state index in [4.69, 9.17) is 21.1 Å². The number of rotatable bonds is 4. The molecule has 1 heterocycles. The molecule has 0 aliphatic rings. The first-order valence-corrected chi connectivity index (χ1v) is 6.14. The fraction of sp³-hybridized carbons (Fsp3) is 0.545. The molecule has 0 saturated heterocycles. The molecule has 0 radical (unpaired) electrons. The monoisotopic (exact) mass is 262 g/mol. The minimum Gasteiger partial charge on any atom is -0.459 e. The van der Waals surface area contributed by atoms with Crippen molar-refractivity contribution in [2.75, 3.05) is 13.2 Å². The van der Waals surface area contributed by atoms with E-state index in [9.17, 15) is 4.79 Å². The molecule has 0 unspecified atom stereocenters. The lowest BCUT2D eigenvalue weighted by molar-refractivity contribution is -0.0280. The number of halogens is 1. The van der Waals surface area contributed by atoms with Crippen LogP contribution in [0.1, 0.15) is 30.4 Å². The first-order chi connectivity index (χ1) is 7.38. The van der Waals surface area contributed by atoms with Crippen molar-refractivity contribution in [2.24, 2.45) is 0 Å². The summed E-state index contributed by atoms with van der Waals surface area (Å²) in [6.07, 6.45) is 0. The summed E-state index contributed by atoms with van der Waals surface area (Å²) in [7, 11) is 0. The standard InChI is InChI=1S/C11H15ClO3S/c1-11(2,3)15-7-6-14-10(13)8-4-5-9(12)16-8/h4-5H,6-7H2,1-3H3. The first kappa shape index (κ1) is 13.5. The summed E-state index contributed by atoms with van der Waals surface area (Å²) < 4.78 is 11.0. The van der Waals surface area contributed by atoms with Crippen LogP contribution in [0.15, 0.2) is 12.1 Å². The molecule has 0 N–H and O–H groups in total. The van der Waals surface area contributed by atoms with Crippen molar-refractivity contribution in [1.29, 1.82) is 0 Å². The van der Waals surface area contributed by atoms with Crippen LogP contribution in [-0.4, -0.2) is 24.8 Å². The van der Waals surface area contributed by atoms with Gasteiger partial charge in [-0.05, 0) is 32.9 Å². The van der Waals surface area contributed by atoms with Gasteiger partial charge in [0.15, 0.2) is 0 Å². The summed E-state index contributed by atoms with van der Waals surface area (Å²) in [5.74, 6) is -0.352. The van der Waals surface area contributed by atoms with Crippen LogP contribution < -0.4 is 0 Å². The van der Waals surface area contributed by atoms with Crippen LogP contribution in [0, 0.1) is 0 Å². The molecule has 0 saturated carbocycles. The lowest BCUT2D eigenvalue weighted by atomic mass is 10.2. The van der Waals surface area contributed by atoms with Crippen LogP contribution in [-0.2, 0) is 9.47 Å². The molecular formula is C11H15ClO3S. The molecule has 3 nitrogen and oxygen atoms in total. The van der Waals surface area contributed by atoms with Crippen molar-refractivity contribution in [3.63, 3.8) is 0 Å². The number of ether oxygens (including phenoxy) is 2. The zero-order valence-corrected chi connectivity index (χ0v) is 11.2. The molecular weight excluding hydrogens is 248 g/mol. The number of carbonyl (C=O) groups excluding carboxylic acids is 1. The second-order valence-electron chi connectivity index (χ2n) is 4.20. The van der Waals surface area contributed by atoms with Gasteiger partial charge in [0.05, 0.1) is 16.5 Å². The van der Waals surface area contributed by atoms with Crippen molar-refractivity contribution < 1.29 is 14.3 Å². The fourth-order valence-corrected chi connectivity index (χ4v) is 1.91. The zero-order valence-electron chi connectivity index (χ0n) is 9.58. The highest BCUT2D eigenvalue weighted by atomic mass is 35.5. The highest BCUT2D eigenvalue weighted by Crippen LogP contribution is 2.21. The molecule has 0 bridgehead atoms. The normalized spacial score (nSPS) is 11.5. The number of esters is 1. The van der Waals surface area contributed by atoms with Crippen molar-refractivity contribution in [3.8, 4) is 0 Å². The van der Waals surface area contributed by atoms with Gasteiger partial charge in [0.1, 0.15) is 11.5 Å². The van der Waals surface area contributed by atoms with Gasteiger partial charge in [0.25, 0.3) is 0 Å². The maximum Gasteiger partial charge on any atom is 0.348 e. The SMILES string of the molecule is CC(C)(C)OCCOC(=O)c1ccc(Cl)s1. The van der Waals surface area contributed by atoms with E-state index in [1.54, 1.807) is 12.1 Å². The molecule has 0 spiro atoms. The molecule has 0 aliphatic carbocycles. The smallest absolute Gasteiger partial charge is 0.348 e. The topological polar surface area (TPSA) is 35.5 Å². The second-order valence-corrected chi connectivity index (χ2v) is 5.92. The molecule has 1 rings (SSSR count). The average Bonchev–Trinajstić information content (AvgIpc) is 2.57. The van der Waals surface area contributed by atoms with Gasteiger partial charge in [-0.15, -0.1) is 11.3 Å². The molecule has 0 amide bonds. The van der Waals surface area contributed by atoms with Crippen molar-refractivity contribution in [1.82, 2.24) is 0 Å². The Bertz CT molecular complexity index is 354. The quantitative estimate of drug-likeness (QED) is 0.616. The predicted octanol–water partition coefficient (Wildman–Crippen LogP) is 3.37. The second kappa shape index (κ2) is 5.66. The minimum absolute atomic E-state index is 0.210. The van der Waals surface area contributed by atoms with Gasteiger partial charge >= 0.3 is 5.97 Å². The lowest BCUT2D eigenvalue weighted by Crippen LogP contribution is -2.22. The third kappa shape index (κ3) is 4.96. The van der Waals surface area contributed by atoms with Gasteiger partial charge in [0.2, 0.25) is 0 Å². The maximum absolute atomic E-state index is 11.5. The maximum atomic E-state index is 11.5. The van der Waals surface area contributed by atoms with Crippen LogP contribution in [0.2, 0.25) is 4.34 Å². The molecule has 1 aromatic rings. The zero-order chi connectivity index (χ0) is 12.2. The molecule has 1 aromatic heterocycles. The van der Waals surface area contributed by atoms with Gasteiger partial charge in [-0.3, -0.25) is 0 Å². The number of carbonyl (C=O) groups is 1. The summed E-state index contributed by atoms with van der Waals surface area (Å²) in [6, 6.07) is 3.33. The van der Waals surface area contributed by atoms with E-state index < -0.39 is 0 Å². The molecule has 0 aromatic carbocycles. The third-order valence-electron chi connectivity index (χ3n) is 1.63. The van der Waals surface area contributed by atoms with Crippen molar-refractivity contribution >= 4 is 28.9 Å².